The Kier molecular flexibility index (Phi) is 7.42. The molecular formula is C17H23F3. The van der Waals surface area contributed by atoms with Crippen molar-refractivity contribution >= 4 is 0 Å². The van der Waals surface area contributed by atoms with Gasteiger partial charge in [0.05, 0.1) is 5.56 Å². The maximum absolute atomic E-state index is 12.4. The average molecular weight is 284 g/mol. The second kappa shape index (κ2) is 8.83. The van der Waals surface area contributed by atoms with Gasteiger partial charge in [-0.25, -0.2) is 0 Å². The van der Waals surface area contributed by atoms with Gasteiger partial charge in [-0.2, -0.15) is 13.2 Å². The summed E-state index contributed by atoms with van der Waals surface area (Å²) in [5.41, 5.74) is 0.428. The van der Waals surface area contributed by atoms with E-state index in [1.807, 2.05) is 6.92 Å². The molecule has 0 unspecified atom stereocenters. The van der Waals surface area contributed by atoms with E-state index in [4.69, 9.17) is 0 Å². The van der Waals surface area contributed by atoms with Gasteiger partial charge in [-0.1, -0.05) is 43.5 Å². The van der Waals surface area contributed by atoms with E-state index in [9.17, 15) is 13.2 Å². The molecule has 1 aromatic rings. The highest BCUT2D eigenvalue weighted by atomic mass is 19.4. The maximum atomic E-state index is 12.4. The Morgan fingerprint density at radius 2 is 1.50 bits per heavy atom. The van der Waals surface area contributed by atoms with E-state index in [0.717, 1.165) is 31.2 Å². The molecule has 1 rings (SSSR count). The molecule has 0 heterocycles. The van der Waals surface area contributed by atoms with Crippen molar-refractivity contribution in [3.63, 3.8) is 0 Å². The molecule has 0 spiro atoms. The molecule has 0 amide bonds. The minimum absolute atomic E-state index is 0.565. The first-order valence-corrected chi connectivity index (χ1v) is 7.31. The third-order valence-electron chi connectivity index (χ3n) is 3.35. The standard InChI is InChI=1S/C17H23F3/c1-2-3-4-5-6-7-8-9-10-15-11-13-16(14-12-15)17(18,19)20/h2-3,11-14H,4-10H2,1H3/b3-2+. The molecule has 112 valence electrons. The highest BCUT2D eigenvalue weighted by Gasteiger charge is 2.29. The molecule has 0 fully saturated rings. The lowest BCUT2D eigenvalue weighted by Crippen LogP contribution is -2.04. The smallest absolute Gasteiger partial charge is 0.166 e. The summed E-state index contributed by atoms with van der Waals surface area (Å²) in [4.78, 5) is 0. The number of alkyl halides is 3. The van der Waals surface area contributed by atoms with Crippen molar-refractivity contribution in [1.82, 2.24) is 0 Å². The number of rotatable bonds is 8. The molecule has 0 radical (unpaired) electrons. The quantitative estimate of drug-likeness (QED) is 0.396. The SMILES string of the molecule is C/C=C/CCCCCCCc1ccc(C(F)(F)F)cc1. The van der Waals surface area contributed by atoms with E-state index in [-0.39, 0.29) is 0 Å². The van der Waals surface area contributed by atoms with Crippen LogP contribution in [0.3, 0.4) is 0 Å². The first kappa shape index (κ1) is 16.8. The first-order valence-electron chi connectivity index (χ1n) is 7.31. The molecule has 0 nitrogen and oxygen atoms in total. The molecule has 0 aliphatic heterocycles. The van der Waals surface area contributed by atoms with Crippen molar-refractivity contribution in [2.24, 2.45) is 0 Å². The lowest BCUT2D eigenvalue weighted by Gasteiger charge is -2.07. The molecule has 0 aromatic heterocycles. The van der Waals surface area contributed by atoms with Crippen LogP contribution < -0.4 is 0 Å². The van der Waals surface area contributed by atoms with Gasteiger partial charge >= 0.3 is 6.18 Å². The number of halogens is 3. The summed E-state index contributed by atoms with van der Waals surface area (Å²) in [5.74, 6) is 0. The number of benzene rings is 1. The lowest BCUT2D eigenvalue weighted by atomic mass is 10.0. The summed E-state index contributed by atoms with van der Waals surface area (Å²) in [6.07, 6.45) is 7.91. The van der Waals surface area contributed by atoms with Gasteiger partial charge in [0.15, 0.2) is 0 Å². The normalized spacial score (nSPS) is 12.2. The molecule has 0 aliphatic carbocycles. The number of aryl methyl sites for hydroxylation is 1. The molecule has 0 atom stereocenters. The van der Waals surface area contributed by atoms with E-state index >= 15 is 0 Å². The topological polar surface area (TPSA) is 0 Å². The van der Waals surface area contributed by atoms with Gasteiger partial charge in [-0.05, 0) is 50.3 Å². The van der Waals surface area contributed by atoms with Crippen LogP contribution in [0.25, 0.3) is 0 Å². The van der Waals surface area contributed by atoms with Crippen LogP contribution in [-0.4, -0.2) is 0 Å². The molecule has 0 saturated carbocycles. The highest BCUT2D eigenvalue weighted by Crippen LogP contribution is 2.29. The summed E-state index contributed by atoms with van der Waals surface area (Å²) in [6.45, 7) is 2.03. The van der Waals surface area contributed by atoms with E-state index < -0.39 is 11.7 Å². The van der Waals surface area contributed by atoms with Crippen molar-refractivity contribution in [2.45, 2.75) is 58.0 Å². The molecular weight excluding hydrogens is 261 g/mol. The molecule has 20 heavy (non-hydrogen) atoms. The van der Waals surface area contributed by atoms with Crippen molar-refractivity contribution in [1.29, 1.82) is 0 Å². The van der Waals surface area contributed by atoms with Gasteiger partial charge in [0.25, 0.3) is 0 Å². The van der Waals surface area contributed by atoms with Crippen molar-refractivity contribution < 1.29 is 13.2 Å². The average Bonchev–Trinajstić information content (AvgIpc) is 2.41. The molecule has 0 bridgehead atoms. The van der Waals surface area contributed by atoms with E-state index in [1.54, 1.807) is 12.1 Å². The Bertz CT molecular complexity index is 388. The minimum atomic E-state index is -4.23. The largest absolute Gasteiger partial charge is 0.416 e. The Hall–Kier alpha value is -1.25. The van der Waals surface area contributed by atoms with Gasteiger partial charge in [0, 0.05) is 0 Å². The van der Waals surface area contributed by atoms with Crippen LogP contribution >= 0.6 is 0 Å². The summed E-state index contributed by atoms with van der Waals surface area (Å²) >= 11 is 0. The summed E-state index contributed by atoms with van der Waals surface area (Å²) < 4.78 is 37.2. The van der Waals surface area contributed by atoms with Crippen LogP contribution in [0.15, 0.2) is 36.4 Å². The Balaban J connectivity index is 2.16. The second-order valence-corrected chi connectivity index (χ2v) is 5.07. The zero-order valence-corrected chi connectivity index (χ0v) is 12.0. The van der Waals surface area contributed by atoms with Gasteiger partial charge in [-0.15, -0.1) is 0 Å². The van der Waals surface area contributed by atoms with E-state index in [1.165, 1.54) is 31.4 Å². The van der Waals surface area contributed by atoms with Crippen molar-refractivity contribution in [2.75, 3.05) is 0 Å². The minimum Gasteiger partial charge on any atom is -0.166 e. The van der Waals surface area contributed by atoms with Gasteiger partial charge < -0.3 is 0 Å². The summed E-state index contributed by atoms with van der Waals surface area (Å²) in [6, 6.07) is 5.53. The van der Waals surface area contributed by atoms with Crippen LogP contribution in [0.5, 0.6) is 0 Å². The van der Waals surface area contributed by atoms with Crippen LogP contribution in [0.4, 0.5) is 13.2 Å². The number of allylic oxidation sites excluding steroid dienone is 2. The fraction of sp³-hybridized carbons (Fsp3) is 0.529. The Labute approximate surface area is 119 Å². The van der Waals surface area contributed by atoms with Gasteiger partial charge in [0.2, 0.25) is 0 Å². The number of hydrogen-bond donors (Lipinski definition) is 0. The third-order valence-corrected chi connectivity index (χ3v) is 3.35. The van der Waals surface area contributed by atoms with Crippen LogP contribution in [-0.2, 0) is 12.6 Å². The third kappa shape index (κ3) is 6.78. The van der Waals surface area contributed by atoms with Crippen molar-refractivity contribution in [3.05, 3.63) is 47.5 Å². The predicted molar refractivity (Wildman–Crippen MR) is 77.7 cm³/mol. The van der Waals surface area contributed by atoms with E-state index in [0.29, 0.717) is 0 Å². The van der Waals surface area contributed by atoms with Gasteiger partial charge in [0.1, 0.15) is 0 Å². The first-order chi connectivity index (χ1) is 9.54. The number of hydrogen-bond acceptors (Lipinski definition) is 0. The second-order valence-electron chi connectivity index (χ2n) is 5.07. The zero-order chi connectivity index (χ0) is 14.8. The highest BCUT2D eigenvalue weighted by molar-refractivity contribution is 5.24. The van der Waals surface area contributed by atoms with Crippen LogP contribution in [0.2, 0.25) is 0 Å². The summed E-state index contributed by atoms with van der Waals surface area (Å²) in [7, 11) is 0. The predicted octanol–water partition coefficient (Wildman–Crippen LogP) is 6.16. The Morgan fingerprint density at radius 1 is 0.900 bits per heavy atom. The molecule has 3 heteroatoms. The molecule has 1 aromatic carbocycles. The van der Waals surface area contributed by atoms with Crippen molar-refractivity contribution in [3.8, 4) is 0 Å². The van der Waals surface area contributed by atoms with E-state index in [2.05, 4.69) is 12.2 Å². The summed E-state index contributed by atoms with van der Waals surface area (Å²) in [5, 5.41) is 0. The van der Waals surface area contributed by atoms with Crippen LogP contribution in [0, 0.1) is 0 Å². The Morgan fingerprint density at radius 3 is 2.10 bits per heavy atom. The van der Waals surface area contributed by atoms with Gasteiger partial charge in [-0.3, -0.25) is 0 Å². The number of unbranched alkanes of at least 4 members (excludes halogenated alkanes) is 5. The zero-order valence-electron chi connectivity index (χ0n) is 12.0. The fourth-order valence-corrected chi connectivity index (χ4v) is 2.15. The lowest BCUT2D eigenvalue weighted by molar-refractivity contribution is -0.137. The maximum Gasteiger partial charge on any atom is 0.416 e. The molecule has 0 N–H and O–H groups in total. The fourth-order valence-electron chi connectivity index (χ4n) is 2.15. The van der Waals surface area contributed by atoms with Crippen LogP contribution in [0.1, 0.15) is 56.6 Å². The molecule has 0 aliphatic rings. The monoisotopic (exact) mass is 284 g/mol. The molecule has 0 saturated heterocycles.